The quantitative estimate of drug-likeness (QED) is 0.307. The molecule has 1 aromatic heterocycles. The molecule has 1 aliphatic rings. The van der Waals surface area contributed by atoms with E-state index in [2.05, 4.69) is 35.5 Å². The van der Waals surface area contributed by atoms with Gasteiger partial charge in [0.1, 0.15) is 13.6 Å². The molecule has 1 fully saturated rings. The summed E-state index contributed by atoms with van der Waals surface area (Å²) in [5.41, 5.74) is 5.31. The number of halogens is 3. The fourth-order valence-corrected chi connectivity index (χ4v) is 3.16. The molecule has 9 nitrogen and oxygen atoms in total. The Hall–Kier alpha value is -3.87. The van der Waals surface area contributed by atoms with Gasteiger partial charge in [-0.05, 0) is 29.8 Å². The van der Waals surface area contributed by atoms with Gasteiger partial charge in [0.2, 0.25) is 17.8 Å². The monoisotopic (exact) mass is 471 g/mol. The summed E-state index contributed by atoms with van der Waals surface area (Å²) in [4.78, 5) is 15.2. The van der Waals surface area contributed by atoms with E-state index >= 15 is 0 Å². The molecule has 2 N–H and O–H groups in total. The lowest BCUT2D eigenvalue weighted by molar-refractivity contribution is -0.274. The summed E-state index contributed by atoms with van der Waals surface area (Å²) in [7, 11) is 1.99. The van der Waals surface area contributed by atoms with Crippen molar-refractivity contribution < 1.29 is 22.6 Å². The predicted octanol–water partition coefficient (Wildman–Crippen LogP) is 2.05. The zero-order valence-electron chi connectivity index (χ0n) is 18.2. The maximum atomic E-state index is 12.4. The van der Waals surface area contributed by atoms with Crippen molar-refractivity contribution in [2.45, 2.75) is 6.36 Å². The Morgan fingerprint density at radius 2 is 1.76 bits per heavy atom. The van der Waals surface area contributed by atoms with E-state index in [-0.39, 0.29) is 17.6 Å². The van der Waals surface area contributed by atoms with Crippen LogP contribution >= 0.6 is 0 Å². The SMILES string of the molecule is Bc1cccc(/C=N/Nc2nc(Nc3ccc(OC(F)(F)F)cc3)nc(N3CCOCC3)n2)c1. The molecule has 0 saturated carbocycles. The maximum absolute atomic E-state index is 12.4. The highest BCUT2D eigenvalue weighted by Crippen LogP contribution is 2.25. The van der Waals surface area contributed by atoms with Crippen LogP contribution < -0.4 is 25.8 Å². The highest BCUT2D eigenvalue weighted by Gasteiger charge is 2.31. The van der Waals surface area contributed by atoms with Crippen LogP contribution in [0, 0.1) is 0 Å². The normalized spacial score (nSPS) is 14.3. The first-order valence-electron chi connectivity index (χ1n) is 10.4. The van der Waals surface area contributed by atoms with Crippen LogP contribution in [0.25, 0.3) is 0 Å². The van der Waals surface area contributed by atoms with E-state index in [9.17, 15) is 13.2 Å². The van der Waals surface area contributed by atoms with Crippen molar-refractivity contribution in [3.8, 4) is 5.75 Å². The Morgan fingerprint density at radius 1 is 1.03 bits per heavy atom. The van der Waals surface area contributed by atoms with Crippen LogP contribution in [-0.2, 0) is 4.74 Å². The number of hydrogen-bond acceptors (Lipinski definition) is 9. The lowest BCUT2D eigenvalue weighted by Gasteiger charge is -2.27. The summed E-state index contributed by atoms with van der Waals surface area (Å²) < 4.78 is 46.4. The first-order valence-corrected chi connectivity index (χ1v) is 10.4. The highest BCUT2D eigenvalue weighted by molar-refractivity contribution is 6.32. The fourth-order valence-electron chi connectivity index (χ4n) is 3.16. The number of hydrogen-bond donors (Lipinski definition) is 2. The number of nitrogens with one attached hydrogen (secondary N) is 2. The summed E-state index contributed by atoms with van der Waals surface area (Å²) in [6, 6.07) is 13.1. The van der Waals surface area contributed by atoms with Crippen molar-refractivity contribution in [2.24, 2.45) is 5.10 Å². The van der Waals surface area contributed by atoms with E-state index in [1.54, 1.807) is 6.21 Å². The minimum atomic E-state index is -4.75. The van der Waals surface area contributed by atoms with Crippen LogP contribution in [-0.4, -0.2) is 61.7 Å². The van der Waals surface area contributed by atoms with Gasteiger partial charge in [-0.25, -0.2) is 5.43 Å². The smallest absolute Gasteiger partial charge is 0.406 e. The highest BCUT2D eigenvalue weighted by atomic mass is 19.4. The van der Waals surface area contributed by atoms with Gasteiger partial charge in [-0.1, -0.05) is 29.7 Å². The summed E-state index contributed by atoms with van der Waals surface area (Å²) in [6.45, 7) is 2.31. The van der Waals surface area contributed by atoms with Gasteiger partial charge in [0.25, 0.3) is 0 Å². The van der Waals surface area contributed by atoms with Crippen molar-refractivity contribution in [3.05, 3.63) is 54.1 Å². The molecule has 0 amide bonds. The zero-order chi connectivity index (χ0) is 24.0. The number of morpholine rings is 1. The Bertz CT molecular complexity index is 1140. The summed E-state index contributed by atoms with van der Waals surface area (Å²) in [6.07, 6.45) is -3.10. The Balaban J connectivity index is 1.53. The molecule has 13 heteroatoms. The zero-order valence-corrected chi connectivity index (χ0v) is 18.2. The van der Waals surface area contributed by atoms with E-state index in [0.29, 0.717) is 37.9 Å². The Labute approximate surface area is 194 Å². The average molecular weight is 471 g/mol. The number of anilines is 4. The third kappa shape index (κ3) is 6.81. The summed E-state index contributed by atoms with van der Waals surface area (Å²) in [5.74, 6) is 0.510. The molecule has 1 saturated heterocycles. The first-order chi connectivity index (χ1) is 16.3. The minimum Gasteiger partial charge on any atom is -0.406 e. The van der Waals surface area contributed by atoms with Gasteiger partial charge < -0.3 is 19.7 Å². The molecule has 2 aromatic carbocycles. The first kappa shape index (κ1) is 23.3. The largest absolute Gasteiger partial charge is 0.573 e. The number of alkyl halides is 3. The molecule has 4 rings (SSSR count). The predicted molar refractivity (Wildman–Crippen MR) is 125 cm³/mol. The van der Waals surface area contributed by atoms with Gasteiger partial charge in [0.05, 0.1) is 19.4 Å². The summed E-state index contributed by atoms with van der Waals surface area (Å²) in [5, 5.41) is 7.19. The average Bonchev–Trinajstić information content (AvgIpc) is 2.80. The van der Waals surface area contributed by atoms with E-state index in [4.69, 9.17) is 4.74 Å². The summed E-state index contributed by atoms with van der Waals surface area (Å²) >= 11 is 0. The third-order valence-corrected chi connectivity index (χ3v) is 4.68. The molecule has 34 heavy (non-hydrogen) atoms. The van der Waals surface area contributed by atoms with Crippen molar-refractivity contribution >= 4 is 43.1 Å². The third-order valence-electron chi connectivity index (χ3n) is 4.68. The second-order valence-electron chi connectivity index (χ2n) is 7.36. The molecule has 0 unspecified atom stereocenters. The van der Waals surface area contributed by atoms with E-state index in [0.717, 1.165) is 11.0 Å². The molecule has 0 spiro atoms. The molecule has 0 bridgehead atoms. The second kappa shape index (κ2) is 10.4. The van der Waals surface area contributed by atoms with Gasteiger partial charge in [-0.2, -0.15) is 20.1 Å². The topological polar surface area (TPSA) is 96.8 Å². The molecule has 1 aliphatic heterocycles. The van der Waals surface area contributed by atoms with Crippen LogP contribution in [0.4, 0.5) is 36.7 Å². The van der Waals surface area contributed by atoms with Crippen molar-refractivity contribution in [1.29, 1.82) is 0 Å². The van der Waals surface area contributed by atoms with Crippen molar-refractivity contribution in [1.82, 2.24) is 15.0 Å². The molecule has 176 valence electrons. The van der Waals surface area contributed by atoms with Gasteiger partial charge in [0, 0.05) is 18.8 Å². The van der Waals surface area contributed by atoms with Crippen molar-refractivity contribution in [2.75, 3.05) is 41.9 Å². The Morgan fingerprint density at radius 3 is 2.47 bits per heavy atom. The molecule has 2 heterocycles. The van der Waals surface area contributed by atoms with E-state index < -0.39 is 6.36 Å². The van der Waals surface area contributed by atoms with E-state index in [1.807, 2.05) is 37.0 Å². The lowest BCUT2D eigenvalue weighted by atomic mass is 9.95. The van der Waals surface area contributed by atoms with Crippen molar-refractivity contribution in [3.63, 3.8) is 0 Å². The second-order valence-corrected chi connectivity index (χ2v) is 7.36. The molecule has 3 aromatic rings. The molecule has 0 radical (unpaired) electrons. The van der Waals surface area contributed by atoms with Crippen LogP contribution in [0.5, 0.6) is 5.75 Å². The van der Waals surface area contributed by atoms with Gasteiger partial charge >= 0.3 is 6.36 Å². The molecular weight excluding hydrogens is 450 g/mol. The molecule has 0 aliphatic carbocycles. The van der Waals surface area contributed by atoms with Crippen LogP contribution in [0.1, 0.15) is 5.56 Å². The van der Waals surface area contributed by atoms with Crippen LogP contribution in [0.15, 0.2) is 53.6 Å². The van der Waals surface area contributed by atoms with Gasteiger partial charge in [-0.15, -0.1) is 13.2 Å². The number of nitrogens with zero attached hydrogens (tertiary/aromatic N) is 5. The number of ether oxygens (including phenoxy) is 2. The fraction of sp³-hybridized carbons (Fsp3) is 0.238. The minimum absolute atomic E-state index is 0.203. The number of aromatic nitrogens is 3. The Kier molecular flexibility index (Phi) is 7.11. The number of hydrazone groups is 1. The van der Waals surface area contributed by atoms with Gasteiger partial charge in [-0.3, -0.25) is 0 Å². The molecular formula is C21H21BF3N7O2. The van der Waals surface area contributed by atoms with Gasteiger partial charge in [0.15, 0.2) is 0 Å². The number of rotatable bonds is 7. The standard InChI is InChI=1S/C21H21BF3N7O2/c22-15-3-1-2-14(12-15)13-26-31-19-28-18(29-20(30-19)32-8-10-33-11-9-32)27-16-4-6-17(7-5-16)34-21(23,24)25/h1-7,12-13H,8-11,22H2,(H2,27,28,29,30,31)/b26-13+. The van der Waals surface area contributed by atoms with Crippen LogP contribution in [0.2, 0.25) is 0 Å². The van der Waals surface area contributed by atoms with E-state index in [1.165, 1.54) is 24.3 Å². The number of benzene rings is 2. The van der Waals surface area contributed by atoms with Crippen LogP contribution in [0.3, 0.4) is 0 Å². The maximum Gasteiger partial charge on any atom is 0.573 e. The lowest BCUT2D eigenvalue weighted by Crippen LogP contribution is -2.37. The molecule has 0 atom stereocenters.